The number of pyridine rings is 1. The second-order valence-corrected chi connectivity index (χ2v) is 7.73. The van der Waals surface area contributed by atoms with Gasteiger partial charge in [0.25, 0.3) is 0 Å². The molecule has 134 valence electrons. The summed E-state index contributed by atoms with van der Waals surface area (Å²) in [6.07, 6.45) is 10.2. The molecular formula is C20H23N5O. The van der Waals surface area contributed by atoms with E-state index >= 15 is 0 Å². The van der Waals surface area contributed by atoms with Crippen molar-refractivity contribution in [2.24, 2.45) is 5.41 Å². The second kappa shape index (κ2) is 6.14. The van der Waals surface area contributed by atoms with E-state index in [0.717, 1.165) is 42.2 Å². The van der Waals surface area contributed by atoms with E-state index in [1.807, 2.05) is 36.1 Å². The van der Waals surface area contributed by atoms with E-state index in [4.69, 9.17) is 9.72 Å². The molecular weight excluding hydrogens is 326 g/mol. The Bertz CT molecular complexity index is 936. The van der Waals surface area contributed by atoms with Gasteiger partial charge in [0.2, 0.25) is 0 Å². The first-order chi connectivity index (χ1) is 12.7. The molecule has 0 radical (unpaired) electrons. The van der Waals surface area contributed by atoms with Crippen molar-refractivity contribution >= 4 is 5.65 Å². The molecule has 3 aromatic rings. The third kappa shape index (κ3) is 2.79. The summed E-state index contributed by atoms with van der Waals surface area (Å²) in [6, 6.07) is 4.08. The lowest BCUT2D eigenvalue weighted by Crippen LogP contribution is -2.57. The average Bonchev–Trinajstić information content (AvgIpc) is 3.04. The highest BCUT2D eigenvalue weighted by Crippen LogP contribution is 2.40. The summed E-state index contributed by atoms with van der Waals surface area (Å²) in [6.45, 7) is 7.13. The Labute approximate surface area is 152 Å². The van der Waals surface area contributed by atoms with Crippen LogP contribution in [0.4, 0.5) is 0 Å². The van der Waals surface area contributed by atoms with Crippen LogP contribution in [0.1, 0.15) is 24.1 Å². The first-order valence-electron chi connectivity index (χ1n) is 9.26. The Morgan fingerprint density at radius 2 is 2.00 bits per heavy atom. The zero-order valence-corrected chi connectivity index (χ0v) is 15.1. The first kappa shape index (κ1) is 15.9. The Balaban J connectivity index is 1.33. The molecule has 0 unspecified atom stereocenters. The van der Waals surface area contributed by atoms with Crippen LogP contribution < -0.4 is 0 Å². The maximum absolute atomic E-state index is 5.50. The SMILES string of the molecule is Cc1cc(-c2cnn3cc(CN4CC5(CCOCC5)C4)cnc23)ccn1. The van der Waals surface area contributed by atoms with Crippen LogP contribution in [0.5, 0.6) is 0 Å². The number of ether oxygens (including phenoxy) is 1. The molecule has 2 saturated heterocycles. The molecule has 1 spiro atoms. The third-order valence-electron chi connectivity index (χ3n) is 5.70. The maximum Gasteiger partial charge on any atom is 0.162 e. The van der Waals surface area contributed by atoms with Gasteiger partial charge < -0.3 is 4.74 Å². The van der Waals surface area contributed by atoms with E-state index in [1.165, 1.54) is 31.5 Å². The molecule has 0 bridgehead atoms. The van der Waals surface area contributed by atoms with E-state index in [2.05, 4.69) is 27.2 Å². The van der Waals surface area contributed by atoms with Crippen LogP contribution in [0.25, 0.3) is 16.8 Å². The Morgan fingerprint density at radius 1 is 1.15 bits per heavy atom. The normalized spacial score (nSPS) is 19.7. The number of hydrogen-bond donors (Lipinski definition) is 0. The topological polar surface area (TPSA) is 55.5 Å². The number of nitrogens with zero attached hydrogens (tertiary/aromatic N) is 5. The molecule has 6 heteroatoms. The van der Waals surface area contributed by atoms with E-state index in [1.54, 1.807) is 0 Å². The summed E-state index contributed by atoms with van der Waals surface area (Å²) < 4.78 is 7.40. The molecule has 0 N–H and O–H groups in total. The van der Waals surface area contributed by atoms with Gasteiger partial charge in [0.05, 0.1) is 6.20 Å². The molecule has 5 heterocycles. The molecule has 3 aromatic heterocycles. The zero-order chi connectivity index (χ0) is 17.6. The molecule has 0 amide bonds. The highest BCUT2D eigenvalue weighted by molar-refractivity contribution is 5.76. The van der Waals surface area contributed by atoms with Gasteiger partial charge in [0.1, 0.15) is 0 Å². The average molecular weight is 349 g/mol. The quantitative estimate of drug-likeness (QED) is 0.728. The molecule has 0 atom stereocenters. The Kier molecular flexibility index (Phi) is 3.76. The van der Waals surface area contributed by atoms with Gasteiger partial charge in [-0.1, -0.05) is 0 Å². The number of hydrogen-bond acceptors (Lipinski definition) is 5. The van der Waals surface area contributed by atoms with Crippen molar-refractivity contribution < 1.29 is 4.74 Å². The van der Waals surface area contributed by atoms with Crippen LogP contribution in [0.15, 0.2) is 36.9 Å². The number of aryl methyl sites for hydroxylation is 1. The second-order valence-electron chi connectivity index (χ2n) is 7.73. The largest absolute Gasteiger partial charge is 0.381 e. The molecule has 2 fully saturated rings. The standard InChI is InChI=1S/C20H23N5O/c1-15-8-17(2-5-21-15)18-10-23-25-12-16(9-22-19(18)25)11-24-13-20(14-24)3-6-26-7-4-20/h2,5,8-10,12H,3-4,6-7,11,13-14H2,1H3. The summed E-state index contributed by atoms with van der Waals surface area (Å²) in [7, 11) is 0. The third-order valence-corrected chi connectivity index (χ3v) is 5.70. The predicted octanol–water partition coefficient (Wildman–Crippen LogP) is 2.71. The molecule has 0 aliphatic carbocycles. The van der Waals surface area contributed by atoms with Crippen molar-refractivity contribution in [1.29, 1.82) is 0 Å². The lowest BCUT2D eigenvalue weighted by Gasteiger charge is -2.52. The fourth-order valence-corrected chi connectivity index (χ4v) is 4.30. The molecule has 26 heavy (non-hydrogen) atoms. The predicted molar refractivity (Wildman–Crippen MR) is 98.7 cm³/mol. The molecule has 2 aliphatic heterocycles. The molecule has 6 nitrogen and oxygen atoms in total. The number of fused-ring (bicyclic) bond motifs is 1. The van der Waals surface area contributed by atoms with Crippen LogP contribution in [0, 0.1) is 12.3 Å². The highest BCUT2D eigenvalue weighted by atomic mass is 16.5. The van der Waals surface area contributed by atoms with E-state index in [9.17, 15) is 0 Å². The van der Waals surface area contributed by atoms with Crippen LogP contribution >= 0.6 is 0 Å². The fraction of sp³-hybridized carbons (Fsp3) is 0.450. The lowest BCUT2D eigenvalue weighted by atomic mass is 9.73. The van der Waals surface area contributed by atoms with Crippen LogP contribution in [-0.4, -0.2) is 50.8 Å². The summed E-state index contributed by atoms with van der Waals surface area (Å²) in [5.74, 6) is 0. The van der Waals surface area contributed by atoms with Crippen LogP contribution in [-0.2, 0) is 11.3 Å². The summed E-state index contributed by atoms with van der Waals surface area (Å²) in [4.78, 5) is 11.5. The zero-order valence-electron chi connectivity index (χ0n) is 15.1. The minimum Gasteiger partial charge on any atom is -0.381 e. The molecule has 2 aliphatic rings. The van der Waals surface area contributed by atoms with Gasteiger partial charge in [-0.25, -0.2) is 9.50 Å². The first-order valence-corrected chi connectivity index (χ1v) is 9.26. The van der Waals surface area contributed by atoms with Crippen molar-refractivity contribution in [1.82, 2.24) is 24.5 Å². The van der Waals surface area contributed by atoms with Crippen molar-refractivity contribution in [3.05, 3.63) is 48.2 Å². The summed E-state index contributed by atoms with van der Waals surface area (Å²) in [5.41, 5.74) is 5.76. The van der Waals surface area contributed by atoms with Gasteiger partial charge in [-0.05, 0) is 37.5 Å². The Morgan fingerprint density at radius 3 is 2.81 bits per heavy atom. The minimum absolute atomic E-state index is 0.508. The monoisotopic (exact) mass is 349 g/mol. The van der Waals surface area contributed by atoms with Crippen LogP contribution in [0.2, 0.25) is 0 Å². The van der Waals surface area contributed by atoms with Crippen molar-refractivity contribution in [2.75, 3.05) is 26.3 Å². The lowest BCUT2D eigenvalue weighted by molar-refractivity contribution is -0.0839. The number of rotatable bonds is 3. The minimum atomic E-state index is 0.508. The summed E-state index contributed by atoms with van der Waals surface area (Å²) in [5, 5.41) is 4.52. The van der Waals surface area contributed by atoms with Crippen molar-refractivity contribution in [3.63, 3.8) is 0 Å². The smallest absolute Gasteiger partial charge is 0.162 e. The number of likely N-dealkylation sites (tertiary alicyclic amines) is 1. The molecule has 0 aromatic carbocycles. The molecule has 0 saturated carbocycles. The number of aromatic nitrogens is 4. The van der Waals surface area contributed by atoms with Gasteiger partial charge in [-0.15, -0.1) is 0 Å². The highest BCUT2D eigenvalue weighted by Gasteiger charge is 2.43. The maximum atomic E-state index is 5.50. The van der Waals surface area contributed by atoms with E-state index in [0.29, 0.717) is 5.41 Å². The van der Waals surface area contributed by atoms with Gasteiger partial charge in [0.15, 0.2) is 5.65 Å². The fourth-order valence-electron chi connectivity index (χ4n) is 4.30. The Hall–Kier alpha value is -2.31. The molecule has 5 rings (SSSR count). The summed E-state index contributed by atoms with van der Waals surface area (Å²) >= 11 is 0. The van der Waals surface area contributed by atoms with Crippen molar-refractivity contribution in [2.45, 2.75) is 26.3 Å². The van der Waals surface area contributed by atoms with E-state index in [-0.39, 0.29) is 0 Å². The van der Waals surface area contributed by atoms with Crippen LogP contribution in [0.3, 0.4) is 0 Å². The van der Waals surface area contributed by atoms with E-state index < -0.39 is 0 Å². The van der Waals surface area contributed by atoms with Gasteiger partial charge in [-0.2, -0.15) is 5.10 Å². The van der Waals surface area contributed by atoms with Gasteiger partial charge >= 0.3 is 0 Å². The van der Waals surface area contributed by atoms with Gasteiger partial charge in [0, 0.05) is 73.7 Å². The van der Waals surface area contributed by atoms with Gasteiger partial charge in [-0.3, -0.25) is 9.88 Å². The van der Waals surface area contributed by atoms with Crippen molar-refractivity contribution in [3.8, 4) is 11.1 Å².